The molecule has 200 valence electrons. The molecular formula is C30H32N6O3. The number of nitrogens with two attached hydrogens (primary N) is 1. The maximum atomic E-state index is 13.0. The normalized spacial score (nSPS) is 17.0. The van der Waals surface area contributed by atoms with Crippen molar-refractivity contribution in [2.75, 3.05) is 32.0 Å². The van der Waals surface area contributed by atoms with Gasteiger partial charge in [-0.2, -0.15) is 9.61 Å². The molecule has 3 aromatic heterocycles. The number of amides is 1. The molecule has 2 fully saturated rings. The number of carbonyl (C=O) groups excluding carboxylic acids is 2. The topological polar surface area (TPSA) is 116 Å². The summed E-state index contributed by atoms with van der Waals surface area (Å²) < 4.78 is 6.97. The Morgan fingerprint density at radius 3 is 2.36 bits per heavy atom. The number of benzene rings is 1. The van der Waals surface area contributed by atoms with Crippen molar-refractivity contribution in [1.29, 1.82) is 0 Å². The molecule has 39 heavy (non-hydrogen) atoms. The zero-order valence-electron chi connectivity index (χ0n) is 22.0. The molecule has 0 atom stereocenters. The molecule has 0 bridgehead atoms. The molecule has 2 saturated heterocycles. The van der Waals surface area contributed by atoms with Crippen LogP contribution in [0.5, 0.6) is 0 Å². The van der Waals surface area contributed by atoms with Crippen LogP contribution in [0, 0.1) is 5.92 Å². The van der Waals surface area contributed by atoms with Crippen LogP contribution in [0.3, 0.4) is 0 Å². The van der Waals surface area contributed by atoms with E-state index in [-0.39, 0.29) is 23.5 Å². The maximum Gasteiger partial charge on any atom is 0.225 e. The summed E-state index contributed by atoms with van der Waals surface area (Å²) >= 11 is 0. The molecule has 2 aliphatic heterocycles. The number of pyridine rings is 1. The molecule has 5 heterocycles. The average molecular weight is 525 g/mol. The van der Waals surface area contributed by atoms with Gasteiger partial charge in [0.25, 0.3) is 0 Å². The van der Waals surface area contributed by atoms with Crippen molar-refractivity contribution in [3.8, 4) is 22.4 Å². The third kappa shape index (κ3) is 4.78. The van der Waals surface area contributed by atoms with E-state index < -0.39 is 0 Å². The zero-order chi connectivity index (χ0) is 26.9. The SMILES string of the molecule is CC(=O)c1c(C2CCN(C(=O)C3CCOCC3)CC2)nc2c(-c3ccc(-c4ccccc4)nc3)cnn2c1N. The first-order valence-electron chi connectivity index (χ1n) is 13.6. The standard InChI is InChI=1S/C30H32N6O3/c1-19(37)26-27(21-9-13-35(14-10-21)30(38)22-11-15-39-16-12-22)34-29-24(18-33-36(29)28(26)31)23-7-8-25(32-17-23)20-5-3-2-4-6-20/h2-8,17-18,21-22H,9-16,31H2,1H3. The van der Waals surface area contributed by atoms with Gasteiger partial charge in [-0.05, 0) is 38.7 Å². The summed E-state index contributed by atoms with van der Waals surface area (Å²) in [5.74, 6) is 0.448. The molecule has 0 aliphatic carbocycles. The highest BCUT2D eigenvalue weighted by Gasteiger charge is 2.33. The van der Waals surface area contributed by atoms with Crippen molar-refractivity contribution in [1.82, 2.24) is 24.5 Å². The van der Waals surface area contributed by atoms with Crippen LogP contribution < -0.4 is 5.73 Å². The molecule has 1 aromatic carbocycles. The second-order valence-electron chi connectivity index (χ2n) is 10.4. The quantitative estimate of drug-likeness (QED) is 0.385. The number of anilines is 1. The number of Topliss-reactive ketones (excluding diaryl/α,β-unsaturated/α-hetero) is 1. The fourth-order valence-electron chi connectivity index (χ4n) is 5.80. The van der Waals surface area contributed by atoms with E-state index in [1.807, 2.05) is 53.6 Å². The van der Waals surface area contributed by atoms with Gasteiger partial charge in [-0.25, -0.2) is 4.98 Å². The monoisotopic (exact) mass is 524 g/mol. The second kappa shape index (κ2) is 10.6. The third-order valence-electron chi connectivity index (χ3n) is 7.97. The molecule has 6 rings (SSSR count). The summed E-state index contributed by atoms with van der Waals surface area (Å²) in [6, 6.07) is 14.0. The van der Waals surface area contributed by atoms with Gasteiger partial charge in [0.05, 0.1) is 23.1 Å². The lowest BCUT2D eigenvalue weighted by Gasteiger charge is -2.35. The van der Waals surface area contributed by atoms with Gasteiger partial charge in [0.1, 0.15) is 5.82 Å². The van der Waals surface area contributed by atoms with Crippen LogP contribution in [0.1, 0.15) is 54.6 Å². The Labute approximate surface area is 227 Å². The summed E-state index contributed by atoms with van der Waals surface area (Å²) in [5.41, 5.74) is 11.9. The highest BCUT2D eigenvalue weighted by Crippen LogP contribution is 2.35. The number of hydrogen-bond donors (Lipinski definition) is 1. The van der Waals surface area contributed by atoms with E-state index in [9.17, 15) is 9.59 Å². The van der Waals surface area contributed by atoms with Gasteiger partial charge >= 0.3 is 0 Å². The summed E-state index contributed by atoms with van der Waals surface area (Å²) in [7, 11) is 0. The highest BCUT2D eigenvalue weighted by molar-refractivity contribution is 6.00. The van der Waals surface area contributed by atoms with Crippen molar-refractivity contribution in [2.45, 2.75) is 38.5 Å². The van der Waals surface area contributed by atoms with E-state index in [4.69, 9.17) is 15.5 Å². The molecule has 9 heteroatoms. The van der Waals surface area contributed by atoms with Crippen molar-refractivity contribution < 1.29 is 14.3 Å². The summed E-state index contributed by atoms with van der Waals surface area (Å²) in [4.78, 5) is 37.4. The van der Waals surface area contributed by atoms with Gasteiger partial charge in [0, 0.05) is 61.0 Å². The fourth-order valence-corrected chi connectivity index (χ4v) is 5.80. The predicted octanol–water partition coefficient (Wildman–Crippen LogP) is 4.38. The molecule has 1 amide bonds. The van der Waals surface area contributed by atoms with Crippen molar-refractivity contribution in [2.24, 2.45) is 5.92 Å². The number of rotatable bonds is 5. The first-order chi connectivity index (χ1) is 19.0. The lowest BCUT2D eigenvalue weighted by molar-refractivity contribution is -0.139. The van der Waals surface area contributed by atoms with Crippen LogP contribution in [0.4, 0.5) is 5.82 Å². The molecule has 0 radical (unpaired) electrons. The number of hydrogen-bond acceptors (Lipinski definition) is 7. The van der Waals surface area contributed by atoms with Crippen molar-refractivity contribution in [3.63, 3.8) is 0 Å². The van der Waals surface area contributed by atoms with Crippen molar-refractivity contribution >= 4 is 23.2 Å². The highest BCUT2D eigenvalue weighted by atomic mass is 16.5. The average Bonchev–Trinajstić information content (AvgIpc) is 3.42. The Kier molecular flexibility index (Phi) is 6.83. The molecule has 0 unspecified atom stereocenters. The van der Waals surface area contributed by atoms with Gasteiger partial charge < -0.3 is 15.4 Å². The summed E-state index contributed by atoms with van der Waals surface area (Å²) in [5, 5.41) is 4.48. The van der Waals surface area contributed by atoms with E-state index in [2.05, 4.69) is 10.1 Å². The first-order valence-corrected chi connectivity index (χ1v) is 13.6. The lowest BCUT2D eigenvalue weighted by atomic mass is 9.88. The number of fused-ring (bicyclic) bond motifs is 1. The van der Waals surface area contributed by atoms with Crippen molar-refractivity contribution in [3.05, 3.63) is 66.1 Å². The van der Waals surface area contributed by atoms with E-state index in [1.54, 1.807) is 10.7 Å². The molecule has 0 spiro atoms. The minimum atomic E-state index is -0.136. The number of aromatic nitrogens is 4. The largest absolute Gasteiger partial charge is 0.383 e. The second-order valence-corrected chi connectivity index (χ2v) is 10.4. The number of ether oxygens (including phenoxy) is 1. The Balaban J connectivity index is 1.30. The number of piperidine rings is 1. The number of nitrogens with zero attached hydrogens (tertiary/aromatic N) is 5. The zero-order valence-corrected chi connectivity index (χ0v) is 22.0. The molecular weight excluding hydrogens is 492 g/mol. The van der Waals surface area contributed by atoms with E-state index in [1.165, 1.54) is 6.92 Å². The third-order valence-corrected chi connectivity index (χ3v) is 7.97. The lowest BCUT2D eigenvalue weighted by Crippen LogP contribution is -2.43. The van der Waals surface area contributed by atoms with Gasteiger partial charge in [-0.1, -0.05) is 36.4 Å². The number of likely N-dealkylation sites (tertiary alicyclic amines) is 1. The smallest absolute Gasteiger partial charge is 0.225 e. The molecule has 2 N–H and O–H groups in total. The van der Waals surface area contributed by atoms with Gasteiger partial charge in [-0.15, -0.1) is 0 Å². The van der Waals surface area contributed by atoms with E-state index in [0.717, 1.165) is 48.1 Å². The molecule has 9 nitrogen and oxygen atoms in total. The molecule has 4 aromatic rings. The maximum absolute atomic E-state index is 13.0. The van der Waals surface area contributed by atoms with Gasteiger partial charge in [-0.3, -0.25) is 14.6 Å². The minimum Gasteiger partial charge on any atom is -0.383 e. The number of nitrogen functional groups attached to an aromatic ring is 1. The first kappa shape index (κ1) is 25.2. The van der Waals surface area contributed by atoms with Gasteiger partial charge in [0.15, 0.2) is 11.4 Å². The van der Waals surface area contributed by atoms with Crippen LogP contribution >= 0.6 is 0 Å². The molecule has 2 aliphatic rings. The summed E-state index contributed by atoms with van der Waals surface area (Å²) in [6.07, 6.45) is 6.57. The number of carbonyl (C=O) groups is 2. The van der Waals surface area contributed by atoms with Crippen LogP contribution in [-0.2, 0) is 9.53 Å². The van der Waals surface area contributed by atoms with Crippen LogP contribution in [0.2, 0.25) is 0 Å². The Hall–Kier alpha value is -4.11. The van der Waals surface area contributed by atoms with Crippen LogP contribution in [0.25, 0.3) is 28.0 Å². The van der Waals surface area contributed by atoms with Crippen LogP contribution in [-0.4, -0.2) is 62.5 Å². The van der Waals surface area contributed by atoms with E-state index in [0.29, 0.717) is 49.0 Å². The Bertz CT molecular complexity index is 1500. The molecule has 0 saturated carbocycles. The summed E-state index contributed by atoms with van der Waals surface area (Å²) in [6.45, 7) is 4.10. The van der Waals surface area contributed by atoms with E-state index >= 15 is 0 Å². The Morgan fingerprint density at radius 1 is 0.949 bits per heavy atom. The predicted molar refractivity (Wildman–Crippen MR) is 148 cm³/mol. The minimum absolute atomic E-state index is 0.0243. The van der Waals surface area contributed by atoms with Crippen LogP contribution in [0.15, 0.2) is 54.9 Å². The Morgan fingerprint density at radius 2 is 1.69 bits per heavy atom. The number of ketones is 1. The fraction of sp³-hybridized carbons (Fsp3) is 0.367. The van der Waals surface area contributed by atoms with Gasteiger partial charge in [0.2, 0.25) is 5.91 Å².